The average Bonchev–Trinajstić information content (AvgIpc) is 2.61. The lowest BCUT2D eigenvalue weighted by Gasteiger charge is -2.20. The van der Waals surface area contributed by atoms with E-state index in [0.29, 0.717) is 5.75 Å². The van der Waals surface area contributed by atoms with Gasteiger partial charge in [-0.3, -0.25) is 4.79 Å². The SMILES string of the molecule is CC(NC(=O)CSc1ccc(O)cc1)c1ccc2c(c1)CCCC2. The van der Waals surface area contributed by atoms with Crippen molar-refractivity contribution in [3.05, 3.63) is 59.2 Å². The number of hydrogen-bond acceptors (Lipinski definition) is 3. The number of aryl methyl sites for hydroxylation is 2. The Kier molecular flexibility index (Phi) is 5.46. The molecule has 0 fully saturated rings. The van der Waals surface area contributed by atoms with Crippen LogP contribution in [-0.2, 0) is 17.6 Å². The van der Waals surface area contributed by atoms with Crippen LogP contribution in [0.25, 0.3) is 0 Å². The molecule has 0 aliphatic heterocycles. The van der Waals surface area contributed by atoms with Crippen molar-refractivity contribution in [3.63, 3.8) is 0 Å². The van der Waals surface area contributed by atoms with Crippen molar-refractivity contribution < 1.29 is 9.90 Å². The second kappa shape index (κ2) is 7.75. The molecule has 0 radical (unpaired) electrons. The topological polar surface area (TPSA) is 49.3 Å². The van der Waals surface area contributed by atoms with Gasteiger partial charge in [-0.25, -0.2) is 0 Å². The molecule has 0 heterocycles. The molecule has 1 amide bonds. The van der Waals surface area contributed by atoms with Gasteiger partial charge in [-0.15, -0.1) is 11.8 Å². The maximum Gasteiger partial charge on any atom is 0.230 e. The van der Waals surface area contributed by atoms with E-state index in [1.165, 1.54) is 47.7 Å². The van der Waals surface area contributed by atoms with E-state index in [-0.39, 0.29) is 17.7 Å². The summed E-state index contributed by atoms with van der Waals surface area (Å²) in [5.41, 5.74) is 4.09. The number of hydrogen-bond donors (Lipinski definition) is 2. The van der Waals surface area contributed by atoms with E-state index in [2.05, 4.69) is 23.5 Å². The predicted molar refractivity (Wildman–Crippen MR) is 98.5 cm³/mol. The third-order valence-corrected chi connectivity index (χ3v) is 5.47. The minimum atomic E-state index is 0.0187. The Hall–Kier alpha value is -1.94. The lowest BCUT2D eigenvalue weighted by Crippen LogP contribution is -2.28. The first-order valence-electron chi connectivity index (χ1n) is 8.45. The Morgan fingerprint density at radius 1 is 1.12 bits per heavy atom. The Bertz CT molecular complexity index is 712. The molecule has 3 nitrogen and oxygen atoms in total. The van der Waals surface area contributed by atoms with Crippen LogP contribution in [-0.4, -0.2) is 16.8 Å². The minimum absolute atomic E-state index is 0.0187. The zero-order valence-corrected chi connectivity index (χ0v) is 14.7. The summed E-state index contributed by atoms with van der Waals surface area (Å²) in [7, 11) is 0. The molecular weight excluding hydrogens is 318 g/mol. The third kappa shape index (κ3) is 4.32. The minimum Gasteiger partial charge on any atom is -0.508 e. The van der Waals surface area contributed by atoms with E-state index in [1.54, 1.807) is 12.1 Å². The summed E-state index contributed by atoms with van der Waals surface area (Å²) in [6.07, 6.45) is 4.88. The van der Waals surface area contributed by atoms with Crippen molar-refractivity contribution >= 4 is 17.7 Å². The lowest BCUT2D eigenvalue weighted by atomic mass is 9.89. The Morgan fingerprint density at radius 2 is 1.83 bits per heavy atom. The van der Waals surface area contributed by atoms with Crippen LogP contribution in [0.3, 0.4) is 0 Å². The first-order chi connectivity index (χ1) is 11.6. The highest BCUT2D eigenvalue weighted by atomic mass is 32.2. The maximum atomic E-state index is 12.2. The number of amides is 1. The van der Waals surface area contributed by atoms with Gasteiger partial charge in [-0.1, -0.05) is 18.2 Å². The molecule has 3 rings (SSSR count). The molecule has 1 aliphatic rings. The zero-order valence-electron chi connectivity index (χ0n) is 13.9. The molecule has 2 aromatic carbocycles. The normalized spacial score (nSPS) is 14.7. The van der Waals surface area contributed by atoms with Gasteiger partial charge in [-0.2, -0.15) is 0 Å². The number of thioether (sulfide) groups is 1. The van der Waals surface area contributed by atoms with E-state index in [0.717, 1.165) is 11.3 Å². The van der Waals surface area contributed by atoms with Crippen LogP contribution < -0.4 is 5.32 Å². The molecule has 0 bridgehead atoms. The van der Waals surface area contributed by atoms with Crippen molar-refractivity contribution in [2.45, 2.75) is 43.5 Å². The van der Waals surface area contributed by atoms with E-state index < -0.39 is 0 Å². The van der Waals surface area contributed by atoms with E-state index in [4.69, 9.17) is 0 Å². The number of benzene rings is 2. The van der Waals surface area contributed by atoms with Crippen molar-refractivity contribution in [1.82, 2.24) is 5.32 Å². The van der Waals surface area contributed by atoms with Crippen LogP contribution in [0.5, 0.6) is 5.75 Å². The molecule has 0 saturated carbocycles. The first-order valence-corrected chi connectivity index (χ1v) is 9.43. The summed E-state index contributed by atoms with van der Waals surface area (Å²) in [5.74, 6) is 0.642. The van der Waals surface area contributed by atoms with Gasteiger partial charge in [0.1, 0.15) is 5.75 Å². The number of phenolic OH excluding ortho intramolecular Hbond substituents is 1. The van der Waals surface area contributed by atoms with Crippen molar-refractivity contribution in [2.24, 2.45) is 0 Å². The molecule has 126 valence electrons. The summed E-state index contributed by atoms with van der Waals surface area (Å²) in [5, 5.41) is 12.4. The molecule has 24 heavy (non-hydrogen) atoms. The van der Waals surface area contributed by atoms with Gasteiger partial charge in [0, 0.05) is 4.90 Å². The van der Waals surface area contributed by atoms with Crippen LogP contribution >= 0.6 is 11.8 Å². The molecule has 0 saturated heterocycles. The zero-order chi connectivity index (χ0) is 16.9. The molecule has 2 aromatic rings. The predicted octanol–water partition coefficient (Wildman–Crippen LogP) is 4.24. The molecule has 0 spiro atoms. The monoisotopic (exact) mass is 341 g/mol. The standard InChI is InChI=1S/C20H23NO2S/c1-14(16-7-6-15-4-2-3-5-17(15)12-16)21-20(23)13-24-19-10-8-18(22)9-11-19/h6-12,14,22H,2-5,13H2,1H3,(H,21,23). The van der Waals surface area contributed by atoms with Gasteiger partial charge >= 0.3 is 0 Å². The van der Waals surface area contributed by atoms with Crippen molar-refractivity contribution in [2.75, 3.05) is 5.75 Å². The molecular formula is C20H23NO2S. The number of fused-ring (bicyclic) bond motifs is 1. The van der Waals surface area contributed by atoms with E-state index in [1.807, 2.05) is 19.1 Å². The highest BCUT2D eigenvalue weighted by molar-refractivity contribution is 8.00. The Labute approximate surface area is 147 Å². The summed E-state index contributed by atoms with van der Waals surface area (Å²) < 4.78 is 0. The smallest absolute Gasteiger partial charge is 0.230 e. The molecule has 2 N–H and O–H groups in total. The number of rotatable bonds is 5. The summed E-state index contributed by atoms with van der Waals surface area (Å²) in [6.45, 7) is 2.04. The third-order valence-electron chi connectivity index (χ3n) is 4.46. The molecule has 1 atom stereocenters. The number of carbonyl (C=O) groups excluding carboxylic acids is 1. The Balaban J connectivity index is 1.55. The fraction of sp³-hybridized carbons (Fsp3) is 0.350. The lowest BCUT2D eigenvalue weighted by molar-refractivity contribution is -0.119. The van der Waals surface area contributed by atoms with Gasteiger partial charge in [0.25, 0.3) is 0 Å². The quantitative estimate of drug-likeness (QED) is 0.800. The van der Waals surface area contributed by atoms with E-state index in [9.17, 15) is 9.90 Å². The average molecular weight is 341 g/mol. The summed E-state index contributed by atoms with van der Waals surface area (Å²) >= 11 is 1.47. The highest BCUT2D eigenvalue weighted by Gasteiger charge is 2.14. The van der Waals surface area contributed by atoms with Crippen LogP contribution in [0, 0.1) is 0 Å². The number of nitrogens with one attached hydrogen (secondary N) is 1. The summed E-state index contributed by atoms with van der Waals surface area (Å²) in [4.78, 5) is 13.2. The molecule has 4 heteroatoms. The summed E-state index contributed by atoms with van der Waals surface area (Å²) in [6, 6.07) is 13.5. The molecule has 1 unspecified atom stereocenters. The van der Waals surface area contributed by atoms with Crippen LogP contribution in [0.15, 0.2) is 47.4 Å². The molecule has 1 aliphatic carbocycles. The maximum absolute atomic E-state index is 12.2. The van der Waals surface area contributed by atoms with Crippen molar-refractivity contribution in [3.8, 4) is 5.75 Å². The van der Waals surface area contributed by atoms with Gasteiger partial charge in [0.15, 0.2) is 0 Å². The number of phenols is 1. The highest BCUT2D eigenvalue weighted by Crippen LogP contribution is 2.25. The second-order valence-electron chi connectivity index (χ2n) is 6.31. The van der Waals surface area contributed by atoms with Gasteiger partial charge < -0.3 is 10.4 Å². The van der Waals surface area contributed by atoms with Crippen LogP contribution in [0.4, 0.5) is 0 Å². The van der Waals surface area contributed by atoms with Gasteiger partial charge in [-0.05, 0) is 73.6 Å². The van der Waals surface area contributed by atoms with Gasteiger partial charge in [0.05, 0.1) is 11.8 Å². The van der Waals surface area contributed by atoms with Crippen LogP contribution in [0.1, 0.15) is 42.5 Å². The van der Waals surface area contributed by atoms with Gasteiger partial charge in [0.2, 0.25) is 5.91 Å². The Morgan fingerprint density at radius 3 is 2.58 bits per heavy atom. The van der Waals surface area contributed by atoms with Crippen LogP contribution in [0.2, 0.25) is 0 Å². The first kappa shape index (κ1) is 16.9. The fourth-order valence-corrected chi connectivity index (χ4v) is 3.79. The fourth-order valence-electron chi connectivity index (χ4n) is 3.08. The second-order valence-corrected chi connectivity index (χ2v) is 7.36. The van der Waals surface area contributed by atoms with Crippen molar-refractivity contribution in [1.29, 1.82) is 0 Å². The number of carbonyl (C=O) groups is 1. The largest absolute Gasteiger partial charge is 0.508 e. The number of aromatic hydroxyl groups is 1. The van der Waals surface area contributed by atoms with E-state index >= 15 is 0 Å². The molecule has 0 aromatic heterocycles.